The summed E-state index contributed by atoms with van der Waals surface area (Å²) in [6.45, 7) is 0.291. The van der Waals surface area contributed by atoms with Gasteiger partial charge in [0.05, 0.1) is 19.9 Å². The molecule has 150 valence electrons. The monoisotopic (exact) mass is 396 g/mol. The lowest BCUT2D eigenvalue weighted by Gasteiger charge is -2.12. The van der Waals surface area contributed by atoms with Gasteiger partial charge in [0.15, 0.2) is 0 Å². The van der Waals surface area contributed by atoms with Gasteiger partial charge < -0.3 is 20.1 Å². The average molecular weight is 396 g/mol. The molecule has 2 aromatic carbocycles. The second-order valence-electron chi connectivity index (χ2n) is 6.08. The van der Waals surface area contributed by atoms with Crippen LogP contribution in [0.1, 0.15) is 16.1 Å². The summed E-state index contributed by atoms with van der Waals surface area (Å²) >= 11 is 0. The van der Waals surface area contributed by atoms with E-state index in [4.69, 9.17) is 9.47 Å². The number of nitrogens with one attached hydrogen (secondary N) is 2. The van der Waals surface area contributed by atoms with Crippen LogP contribution < -0.4 is 20.1 Å². The number of rotatable bonds is 8. The number of anilines is 2. The Bertz CT molecular complexity index is 997. The van der Waals surface area contributed by atoms with Crippen LogP contribution in [0.5, 0.6) is 11.5 Å². The van der Waals surface area contributed by atoms with E-state index in [0.717, 1.165) is 0 Å². The standard InChI is InChI=1S/C21H21FN4O3/c1-28-15-7-8-17(19(11-15)29-2)26-20-12-18(24-13-25-20)21(27)23-10-9-14-5-3-4-6-16(14)22/h3-8,11-13H,9-10H2,1-2H3,(H,23,27)(H,24,25,26). The quantitative estimate of drug-likeness (QED) is 0.607. The molecular weight excluding hydrogens is 375 g/mol. The van der Waals surface area contributed by atoms with Gasteiger partial charge in [-0.05, 0) is 30.2 Å². The molecule has 0 aliphatic heterocycles. The van der Waals surface area contributed by atoms with Crippen LogP contribution in [-0.2, 0) is 6.42 Å². The Morgan fingerprint density at radius 1 is 1.07 bits per heavy atom. The molecule has 0 aliphatic carbocycles. The SMILES string of the molecule is COc1ccc(Nc2cc(C(=O)NCCc3ccccc3F)ncn2)c(OC)c1. The van der Waals surface area contributed by atoms with Crippen molar-refractivity contribution in [2.45, 2.75) is 6.42 Å². The van der Waals surface area contributed by atoms with Crippen molar-refractivity contribution in [3.8, 4) is 11.5 Å². The molecule has 0 aliphatic rings. The number of carbonyl (C=O) groups excluding carboxylic acids is 1. The Balaban J connectivity index is 1.64. The Kier molecular flexibility index (Phi) is 6.57. The Labute approximate surface area is 167 Å². The predicted octanol–water partition coefficient (Wildman–Crippen LogP) is 3.35. The number of hydrogen-bond donors (Lipinski definition) is 2. The molecule has 29 heavy (non-hydrogen) atoms. The van der Waals surface area contributed by atoms with Crippen LogP contribution >= 0.6 is 0 Å². The maximum Gasteiger partial charge on any atom is 0.270 e. The molecule has 0 bridgehead atoms. The number of aromatic nitrogens is 2. The first-order valence-corrected chi connectivity index (χ1v) is 8.93. The summed E-state index contributed by atoms with van der Waals surface area (Å²) in [6.07, 6.45) is 1.68. The molecule has 8 heteroatoms. The molecule has 1 heterocycles. The van der Waals surface area contributed by atoms with Gasteiger partial charge in [0, 0.05) is 18.7 Å². The van der Waals surface area contributed by atoms with Crippen LogP contribution in [-0.4, -0.2) is 36.6 Å². The molecule has 3 rings (SSSR count). The fraction of sp³-hybridized carbons (Fsp3) is 0.190. The molecule has 7 nitrogen and oxygen atoms in total. The van der Waals surface area contributed by atoms with E-state index >= 15 is 0 Å². The normalized spacial score (nSPS) is 10.3. The first-order valence-electron chi connectivity index (χ1n) is 8.93. The third kappa shape index (κ3) is 5.19. The van der Waals surface area contributed by atoms with Crippen LogP contribution in [0.15, 0.2) is 54.9 Å². The summed E-state index contributed by atoms with van der Waals surface area (Å²) in [7, 11) is 3.12. The zero-order chi connectivity index (χ0) is 20.6. The first-order chi connectivity index (χ1) is 14.1. The van der Waals surface area contributed by atoms with Crippen molar-refractivity contribution >= 4 is 17.4 Å². The first kappa shape index (κ1) is 20.1. The highest BCUT2D eigenvalue weighted by molar-refractivity contribution is 5.93. The van der Waals surface area contributed by atoms with E-state index in [1.807, 2.05) is 0 Å². The topological polar surface area (TPSA) is 85.4 Å². The van der Waals surface area contributed by atoms with E-state index < -0.39 is 0 Å². The number of hydrogen-bond acceptors (Lipinski definition) is 6. The van der Waals surface area contributed by atoms with Crippen molar-refractivity contribution in [3.63, 3.8) is 0 Å². The molecule has 0 unspecified atom stereocenters. The third-order valence-corrected chi connectivity index (χ3v) is 4.21. The summed E-state index contributed by atoms with van der Waals surface area (Å²) in [5.41, 5.74) is 1.41. The number of halogens is 1. The van der Waals surface area contributed by atoms with Crippen LogP contribution in [0.25, 0.3) is 0 Å². The largest absolute Gasteiger partial charge is 0.497 e. The molecular formula is C21H21FN4O3. The maximum absolute atomic E-state index is 13.6. The average Bonchev–Trinajstić information content (AvgIpc) is 2.75. The van der Waals surface area contributed by atoms with Gasteiger partial charge in [0.1, 0.15) is 35.2 Å². The van der Waals surface area contributed by atoms with Crippen LogP contribution in [0, 0.1) is 5.82 Å². The fourth-order valence-electron chi connectivity index (χ4n) is 2.69. The third-order valence-electron chi connectivity index (χ3n) is 4.21. The van der Waals surface area contributed by atoms with Gasteiger partial charge >= 0.3 is 0 Å². The molecule has 0 saturated heterocycles. The van der Waals surface area contributed by atoms with Crippen molar-refractivity contribution < 1.29 is 18.7 Å². The van der Waals surface area contributed by atoms with E-state index in [0.29, 0.717) is 41.5 Å². The minimum Gasteiger partial charge on any atom is -0.497 e. The van der Waals surface area contributed by atoms with E-state index in [1.165, 1.54) is 18.5 Å². The minimum absolute atomic E-state index is 0.198. The fourth-order valence-corrected chi connectivity index (χ4v) is 2.69. The highest BCUT2D eigenvalue weighted by atomic mass is 19.1. The van der Waals surface area contributed by atoms with Crippen LogP contribution in [0.4, 0.5) is 15.9 Å². The number of methoxy groups -OCH3 is 2. The molecule has 1 amide bonds. The van der Waals surface area contributed by atoms with Crippen molar-refractivity contribution in [1.29, 1.82) is 0 Å². The summed E-state index contributed by atoms with van der Waals surface area (Å²) in [6, 6.07) is 13.3. The smallest absolute Gasteiger partial charge is 0.270 e. The lowest BCUT2D eigenvalue weighted by molar-refractivity contribution is 0.0949. The Morgan fingerprint density at radius 2 is 1.90 bits per heavy atom. The summed E-state index contributed by atoms with van der Waals surface area (Å²) in [5, 5.41) is 5.84. The second kappa shape index (κ2) is 9.50. The molecule has 3 aromatic rings. The number of amides is 1. The lowest BCUT2D eigenvalue weighted by Crippen LogP contribution is -2.26. The Morgan fingerprint density at radius 3 is 2.66 bits per heavy atom. The van der Waals surface area contributed by atoms with Gasteiger partial charge in [0.25, 0.3) is 5.91 Å². The highest BCUT2D eigenvalue weighted by Gasteiger charge is 2.11. The van der Waals surface area contributed by atoms with Crippen molar-refractivity contribution in [1.82, 2.24) is 15.3 Å². The van der Waals surface area contributed by atoms with Crippen molar-refractivity contribution in [2.75, 3.05) is 26.1 Å². The molecule has 0 radical (unpaired) electrons. The molecule has 0 spiro atoms. The van der Waals surface area contributed by atoms with Gasteiger partial charge in [-0.1, -0.05) is 18.2 Å². The van der Waals surface area contributed by atoms with Gasteiger partial charge in [-0.15, -0.1) is 0 Å². The Hall–Kier alpha value is -3.68. The summed E-state index contributed by atoms with van der Waals surface area (Å²) in [5.74, 6) is 1.00. The summed E-state index contributed by atoms with van der Waals surface area (Å²) < 4.78 is 24.2. The molecule has 0 saturated carbocycles. The molecule has 1 aromatic heterocycles. The minimum atomic E-state index is -0.367. The van der Waals surface area contributed by atoms with Crippen LogP contribution in [0.3, 0.4) is 0 Å². The van der Waals surface area contributed by atoms with E-state index in [1.54, 1.807) is 50.6 Å². The zero-order valence-corrected chi connectivity index (χ0v) is 16.1. The van der Waals surface area contributed by atoms with Crippen LogP contribution in [0.2, 0.25) is 0 Å². The van der Waals surface area contributed by atoms with E-state index in [9.17, 15) is 9.18 Å². The van der Waals surface area contributed by atoms with Gasteiger partial charge in [0.2, 0.25) is 0 Å². The summed E-state index contributed by atoms with van der Waals surface area (Å²) in [4.78, 5) is 20.5. The van der Waals surface area contributed by atoms with Gasteiger partial charge in [-0.2, -0.15) is 0 Å². The van der Waals surface area contributed by atoms with Gasteiger partial charge in [-0.3, -0.25) is 4.79 Å². The van der Waals surface area contributed by atoms with E-state index in [-0.39, 0.29) is 17.4 Å². The number of nitrogens with zero attached hydrogens (tertiary/aromatic N) is 2. The van der Waals surface area contributed by atoms with Crippen molar-refractivity contribution in [3.05, 3.63) is 71.9 Å². The van der Waals surface area contributed by atoms with E-state index in [2.05, 4.69) is 20.6 Å². The number of benzene rings is 2. The molecule has 0 fully saturated rings. The number of carbonyl (C=O) groups is 1. The predicted molar refractivity (Wildman–Crippen MR) is 107 cm³/mol. The molecule has 2 N–H and O–H groups in total. The zero-order valence-electron chi connectivity index (χ0n) is 16.1. The second-order valence-corrected chi connectivity index (χ2v) is 6.08. The van der Waals surface area contributed by atoms with Crippen molar-refractivity contribution in [2.24, 2.45) is 0 Å². The number of ether oxygens (including phenoxy) is 2. The highest BCUT2D eigenvalue weighted by Crippen LogP contribution is 2.30. The van der Waals surface area contributed by atoms with Gasteiger partial charge in [-0.25, -0.2) is 14.4 Å². The molecule has 0 atom stereocenters. The maximum atomic E-state index is 13.6. The lowest BCUT2D eigenvalue weighted by atomic mass is 10.1.